The highest BCUT2D eigenvalue weighted by Crippen LogP contribution is 2.59. The Balaban J connectivity index is 1.50. The van der Waals surface area contributed by atoms with Crippen molar-refractivity contribution >= 4 is 46.4 Å². The van der Waals surface area contributed by atoms with Gasteiger partial charge in [0.15, 0.2) is 12.7 Å². The molecule has 0 bridgehead atoms. The standard InChI is InChI=1S/C38H34OP2/c1-7-19-33(20-8-1)40(34-21-9-2-10-22-34,35-23-11-3-12-24-35)31-39-32-41(36-25-13-4-14-26-36,37-27-15-5-16-28-37)38-29-17-6-18-30-38/h1-30H,31-32H2/q+2. The molecule has 0 heterocycles. The molecule has 0 amide bonds. The lowest BCUT2D eigenvalue weighted by Crippen LogP contribution is -2.37. The van der Waals surface area contributed by atoms with Crippen LogP contribution in [0.15, 0.2) is 182 Å². The molecule has 6 rings (SSSR count). The third kappa shape index (κ3) is 5.42. The van der Waals surface area contributed by atoms with Crippen molar-refractivity contribution in [1.82, 2.24) is 0 Å². The molecule has 41 heavy (non-hydrogen) atoms. The molecule has 0 aliphatic heterocycles. The van der Waals surface area contributed by atoms with Gasteiger partial charge in [0.05, 0.1) is 0 Å². The van der Waals surface area contributed by atoms with E-state index >= 15 is 0 Å². The summed E-state index contributed by atoms with van der Waals surface area (Å²) in [6.45, 7) is 0. The highest BCUT2D eigenvalue weighted by molar-refractivity contribution is 7.96. The molecule has 0 fully saturated rings. The van der Waals surface area contributed by atoms with Gasteiger partial charge in [-0.15, -0.1) is 0 Å². The van der Waals surface area contributed by atoms with Crippen LogP contribution in [-0.4, -0.2) is 12.7 Å². The Morgan fingerprint density at radius 3 is 0.610 bits per heavy atom. The summed E-state index contributed by atoms with van der Waals surface area (Å²) in [5, 5.41) is 8.00. The van der Waals surface area contributed by atoms with Crippen molar-refractivity contribution in [3.63, 3.8) is 0 Å². The largest absolute Gasteiger partial charge is 0.309 e. The Kier molecular flexibility index (Phi) is 8.50. The Morgan fingerprint density at radius 2 is 0.439 bits per heavy atom. The van der Waals surface area contributed by atoms with Crippen molar-refractivity contribution < 1.29 is 4.74 Å². The van der Waals surface area contributed by atoms with Crippen molar-refractivity contribution in [2.45, 2.75) is 0 Å². The third-order valence-electron chi connectivity index (χ3n) is 7.75. The van der Waals surface area contributed by atoms with Gasteiger partial charge in [-0.25, -0.2) is 0 Å². The van der Waals surface area contributed by atoms with Crippen molar-refractivity contribution in [2.75, 3.05) is 12.7 Å². The zero-order valence-electron chi connectivity index (χ0n) is 23.0. The average Bonchev–Trinajstić information content (AvgIpc) is 3.08. The summed E-state index contributed by atoms with van der Waals surface area (Å²) >= 11 is 0. The number of ether oxygens (including phenoxy) is 1. The van der Waals surface area contributed by atoms with E-state index in [-0.39, 0.29) is 0 Å². The van der Waals surface area contributed by atoms with Crippen LogP contribution < -0.4 is 31.8 Å². The van der Waals surface area contributed by atoms with Gasteiger partial charge in [0.1, 0.15) is 46.4 Å². The summed E-state index contributed by atoms with van der Waals surface area (Å²) in [5.41, 5.74) is 0. The highest BCUT2D eigenvalue weighted by atomic mass is 31.2. The van der Waals surface area contributed by atoms with Crippen LogP contribution in [0, 0.1) is 0 Å². The van der Waals surface area contributed by atoms with Gasteiger partial charge >= 0.3 is 0 Å². The maximum atomic E-state index is 7.19. The zero-order chi connectivity index (χ0) is 27.8. The Morgan fingerprint density at radius 1 is 0.268 bits per heavy atom. The molecule has 0 atom stereocenters. The molecule has 3 heteroatoms. The molecule has 6 aromatic rings. The summed E-state index contributed by atoms with van der Waals surface area (Å²) in [7, 11) is -4.24. The maximum Gasteiger partial charge on any atom is 0.175 e. The van der Waals surface area contributed by atoms with Crippen molar-refractivity contribution in [1.29, 1.82) is 0 Å². The monoisotopic (exact) mass is 568 g/mol. The van der Waals surface area contributed by atoms with E-state index in [1.54, 1.807) is 0 Å². The molecule has 6 aromatic carbocycles. The SMILES string of the molecule is c1ccc([P+](COC[P+](c2ccccc2)(c2ccccc2)c2ccccc2)(c2ccccc2)c2ccccc2)cc1. The summed E-state index contributed by atoms with van der Waals surface area (Å²) in [4.78, 5) is 0. The van der Waals surface area contributed by atoms with E-state index in [9.17, 15) is 0 Å². The van der Waals surface area contributed by atoms with Crippen LogP contribution in [0.3, 0.4) is 0 Å². The fourth-order valence-corrected chi connectivity index (χ4v) is 13.4. The van der Waals surface area contributed by atoms with Crippen molar-refractivity contribution in [3.05, 3.63) is 182 Å². The first-order chi connectivity index (χ1) is 20.3. The van der Waals surface area contributed by atoms with E-state index < -0.39 is 14.5 Å². The second-order valence-corrected chi connectivity index (χ2v) is 16.9. The predicted octanol–water partition coefficient (Wildman–Crippen LogP) is 6.91. The summed E-state index contributed by atoms with van der Waals surface area (Å²) in [5.74, 6) is 0. The van der Waals surface area contributed by atoms with E-state index in [1.165, 1.54) is 31.8 Å². The van der Waals surface area contributed by atoms with Gasteiger partial charge in [-0.2, -0.15) is 0 Å². The van der Waals surface area contributed by atoms with Crippen LogP contribution in [0.4, 0.5) is 0 Å². The molecule has 0 radical (unpaired) electrons. The van der Waals surface area contributed by atoms with Gasteiger partial charge in [-0.05, 0) is 72.8 Å². The molecule has 0 spiro atoms. The zero-order valence-corrected chi connectivity index (χ0v) is 24.8. The molecule has 0 saturated carbocycles. The highest BCUT2D eigenvalue weighted by Gasteiger charge is 2.50. The Labute approximate surface area is 245 Å². The fraction of sp³-hybridized carbons (Fsp3) is 0.0526. The number of hydrogen-bond acceptors (Lipinski definition) is 1. The Hall–Kier alpha value is -3.86. The molecule has 1 nitrogen and oxygen atoms in total. The summed E-state index contributed by atoms with van der Waals surface area (Å²) in [6, 6.07) is 65.9. The van der Waals surface area contributed by atoms with Crippen LogP contribution in [0.25, 0.3) is 0 Å². The first-order valence-corrected chi connectivity index (χ1v) is 18.0. The molecule has 0 N–H and O–H groups in total. The quantitative estimate of drug-likeness (QED) is 0.163. The lowest BCUT2D eigenvalue weighted by molar-refractivity contribution is 0.233. The van der Waals surface area contributed by atoms with Crippen molar-refractivity contribution in [3.8, 4) is 0 Å². The molecule has 0 saturated heterocycles. The van der Waals surface area contributed by atoms with Gasteiger partial charge in [-0.1, -0.05) is 109 Å². The second kappa shape index (κ2) is 12.8. The second-order valence-electron chi connectivity index (χ2n) is 10.1. The predicted molar refractivity (Wildman–Crippen MR) is 181 cm³/mol. The average molecular weight is 569 g/mol. The van der Waals surface area contributed by atoms with E-state index in [2.05, 4.69) is 182 Å². The van der Waals surface area contributed by atoms with Crippen LogP contribution in [0.2, 0.25) is 0 Å². The molecule has 0 unspecified atom stereocenters. The molecule has 200 valence electrons. The first kappa shape index (κ1) is 27.3. The van der Waals surface area contributed by atoms with Gasteiger partial charge in [0.25, 0.3) is 0 Å². The first-order valence-electron chi connectivity index (χ1n) is 14.0. The lowest BCUT2D eigenvalue weighted by Gasteiger charge is -2.30. The minimum absolute atomic E-state index is 0.624. The molecule has 0 aliphatic rings. The normalized spacial score (nSPS) is 11.7. The van der Waals surface area contributed by atoms with Crippen LogP contribution in [0.1, 0.15) is 0 Å². The van der Waals surface area contributed by atoms with Gasteiger partial charge in [-0.3, -0.25) is 0 Å². The minimum Gasteiger partial charge on any atom is -0.309 e. The third-order valence-corrected chi connectivity index (χ3v) is 16.0. The summed E-state index contributed by atoms with van der Waals surface area (Å²) in [6.07, 6.45) is 1.25. The van der Waals surface area contributed by atoms with Gasteiger partial charge in [0, 0.05) is 0 Å². The van der Waals surface area contributed by atoms with Gasteiger partial charge < -0.3 is 4.74 Å². The number of rotatable bonds is 10. The number of hydrogen-bond donors (Lipinski definition) is 0. The fourth-order valence-electron chi connectivity index (χ4n) is 5.75. The molecule has 0 aromatic heterocycles. The Bertz CT molecular complexity index is 1310. The number of benzene rings is 6. The van der Waals surface area contributed by atoms with E-state index in [0.29, 0.717) is 12.7 Å². The van der Waals surface area contributed by atoms with Crippen LogP contribution >= 0.6 is 14.5 Å². The van der Waals surface area contributed by atoms with E-state index in [0.717, 1.165) is 0 Å². The maximum absolute atomic E-state index is 7.19. The van der Waals surface area contributed by atoms with Crippen LogP contribution in [-0.2, 0) is 4.74 Å². The van der Waals surface area contributed by atoms with Gasteiger partial charge in [0.2, 0.25) is 0 Å². The van der Waals surface area contributed by atoms with Crippen molar-refractivity contribution in [2.24, 2.45) is 0 Å². The van der Waals surface area contributed by atoms with Crippen LogP contribution in [0.5, 0.6) is 0 Å². The molecule has 0 aliphatic carbocycles. The smallest absolute Gasteiger partial charge is 0.175 e. The lowest BCUT2D eigenvalue weighted by atomic mass is 10.4. The summed E-state index contributed by atoms with van der Waals surface area (Å²) < 4.78 is 7.19. The van der Waals surface area contributed by atoms with E-state index in [4.69, 9.17) is 4.74 Å². The molecular weight excluding hydrogens is 534 g/mol. The van der Waals surface area contributed by atoms with E-state index in [1.807, 2.05) is 0 Å². The minimum atomic E-state index is -2.12. The topological polar surface area (TPSA) is 9.23 Å². The molecular formula is C38H34OP2+2.